The van der Waals surface area contributed by atoms with Crippen molar-refractivity contribution >= 4 is 24.4 Å². The lowest BCUT2D eigenvalue weighted by Crippen LogP contribution is -2.34. The topological polar surface area (TPSA) is 76.1 Å². The summed E-state index contributed by atoms with van der Waals surface area (Å²) in [7, 11) is -1.57. The van der Waals surface area contributed by atoms with E-state index in [1.807, 2.05) is 6.07 Å². The van der Waals surface area contributed by atoms with Crippen molar-refractivity contribution in [1.29, 1.82) is 5.26 Å². The van der Waals surface area contributed by atoms with Crippen molar-refractivity contribution in [1.82, 2.24) is 0 Å². The summed E-state index contributed by atoms with van der Waals surface area (Å²) in [4.78, 5) is 11.3. The second-order valence-corrected chi connectivity index (χ2v) is 12.1. The van der Waals surface area contributed by atoms with E-state index in [4.69, 9.17) is 26.8 Å². The van der Waals surface area contributed by atoms with Crippen LogP contribution in [0.15, 0.2) is 0 Å². The van der Waals surface area contributed by atoms with Crippen molar-refractivity contribution in [2.75, 3.05) is 6.61 Å². The van der Waals surface area contributed by atoms with Gasteiger partial charge < -0.3 is 10.5 Å². The number of nitriles is 1. The Kier molecular flexibility index (Phi) is 6.76. The fraction of sp³-hybridized carbons (Fsp3) is 0.818. The maximum absolute atomic E-state index is 11.3. The molecule has 0 bridgehead atoms. The Balaban J connectivity index is 3.66. The first-order valence-corrected chi connectivity index (χ1v) is 9.93. The van der Waals surface area contributed by atoms with Crippen molar-refractivity contribution in [3.8, 4) is 6.07 Å². The number of ether oxygens (including phenoxy) is 1. The van der Waals surface area contributed by atoms with Gasteiger partial charge >= 0.3 is 5.97 Å². The number of rotatable bonds is 7. The minimum Gasteiger partial charge on any atom is -0.466 e. The van der Waals surface area contributed by atoms with Crippen molar-refractivity contribution in [2.45, 2.75) is 50.9 Å². The zero-order chi connectivity index (χ0) is 13.5. The second kappa shape index (κ2) is 6.99. The van der Waals surface area contributed by atoms with Gasteiger partial charge in [0.15, 0.2) is 7.38 Å². The monoisotopic (exact) mass is 276 g/mol. The highest BCUT2D eigenvalue weighted by atomic mass is 35.6. The van der Waals surface area contributed by atoms with E-state index < -0.39 is 12.9 Å². The fourth-order valence-corrected chi connectivity index (χ4v) is 2.55. The molecule has 0 aliphatic heterocycles. The molecule has 0 radical (unpaired) electrons. The van der Waals surface area contributed by atoms with Crippen molar-refractivity contribution in [3.05, 3.63) is 0 Å². The fourth-order valence-electron chi connectivity index (χ4n) is 1.17. The van der Waals surface area contributed by atoms with Gasteiger partial charge in [-0.3, -0.25) is 4.79 Å². The third kappa shape index (κ3) is 10.3. The first kappa shape index (κ1) is 16.4. The summed E-state index contributed by atoms with van der Waals surface area (Å²) >= 11 is 6.13. The first-order chi connectivity index (χ1) is 7.66. The van der Waals surface area contributed by atoms with Crippen LogP contribution in [0.1, 0.15) is 26.2 Å². The lowest BCUT2D eigenvalue weighted by atomic mass is 10.00. The predicted molar refractivity (Wildman–Crippen MR) is 71.2 cm³/mol. The molecule has 98 valence electrons. The average Bonchev–Trinajstić information content (AvgIpc) is 2.20. The molecule has 0 aliphatic carbocycles. The third-order valence-electron chi connectivity index (χ3n) is 2.28. The van der Waals surface area contributed by atoms with E-state index in [1.54, 1.807) is 6.92 Å². The largest absolute Gasteiger partial charge is 0.466 e. The molecule has 0 rings (SSSR count). The standard InChI is InChI=1S/C11H21ClN2O2Si/c1-11(14,9-13)6-5-10(15)16-7-4-8-17(2,3)12/h4-8,14H2,1-3H3. The van der Waals surface area contributed by atoms with Crippen LogP contribution < -0.4 is 5.73 Å². The Morgan fingerprint density at radius 3 is 2.65 bits per heavy atom. The van der Waals surface area contributed by atoms with Crippen molar-refractivity contribution in [3.63, 3.8) is 0 Å². The molecule has 0 aromatic heterocycles. The van der Waals surface area contributed by atoms with Crippen LogP contribution in [-0.4, -0.2) is 25.5 Å². The van der Waals surface area contributed by atoms with Gasteiger partial charge in [-0.05, 0) is 25.8 Å². The van der Waals surface area contributed by atoms with Gasteiger partial charge in [0.1, 0.15) is 5.54 Å². The third-order valence-corrected chi connectivity index (χ3v) is 4.39. The number of nitrogens with zero attached hydrogens (tertiary/aromatic N) is 1. The number of nitrogens with two attached hydrogens (primary N) is 1. The Hall–Kier alpha value is -0.573. The Morgan fingerprint density at radius 2 is 2.18 bits per heavy atom. The maximum atomic E-state index is 11.3. The highest BCUT2D eigenvalue weighted by molar-refractivity contribution is 7.19. The molecule has 0 fully saturated rings. The van der Waals surface area contributed by atoms with Gasteiger partial charge in [0.25, 0.3) is 0 Å². The normalized spacial score (nSPS) is 14.8. The Labute approximate surface area is 109 Å². The molecule has 0 heterocycles. The Bertz CT molecular complexity index is 295. The number of carbonyl (C=O) groups excluding carboxylic acids is 1. The highest BCUT2D eigenvalue weighted by Gasteiger charge is 2.20. The number of carbonyl (C=O) groups is 1. The number of hydrogen-bond donors (Lipinski definition) is 1. The van der Waals surface area contributed by atoms with Gasteiger partial charge in [0, 0.05) is 6.42 Å². The smallest absolute Gasteiger partial charge is 0.305 e. The van der Waals surface area contributed by atoms with Gasteiger partial charge in [-0.1, -0.05) is 13.1 Å². The van der Waals surface area contributed by atoms with Crippen LogP contribution in [0.2, 0.25) is 19.1 Å². The van der Waals surface area contributed by atoms with E-state index >= 15 is 0 Å². The van der Waals surface area contributed by atoms with Crippen LogP contribution in [0.25, 0.3) is 0 Å². The lowest BCUT2D eigenvalue weighted by molar-refractivity contribution is -0.143. The molecule has 0 saturated heterocycles. The summed E-state index contributed by atoms with van der Waals surface area (Å²) in [6.07, 6.45) is 1.30. The summed E-state index contributed by atoms with van der Waals surface area (Å²) < 4.78 is 5.04. The van der Waals surface area contributed by atoms with Gasteiger partial charge in [0.2, 0.25) is 0 Å². The summed E-state index contributed by atoms with van der Waals surface area (Å²) in [6.45, 7) is 6.12. The van der Waals surface area contributed by atoms with Crippen LogP contribution in [0.5, 0.6) is 0 Å². The molecule has 6 heteroatoms. The van der Waals surface area contributed by atoms with Gasteiger partial charge in [-0.15, -0.1) is 0 Å². The molecule has 0 saturated carbocycles. The molecular weight excluding hydrogens is 256 g/mol. The van der Waals surface area contributed by atoms with Crippen LogP contribution in [0, 0.1) is 11.3 Å². The van der Waals surface area contributed by atoms with Crippen LogP contribution in [-0.2, 0) is 9.53 Å². The summed E-state index contributed by atoms with van der Waals surface area (Å²) in [6, 6.07) is 2.87. The molecule has 1 unspecified atom stereocenters. The SMILES string of the molecule is CC(N)(C#N)CCC(=O)OCCC[Si](C)(C)Cl. The molecule has 4 nitrogen and oxygen atoms in total. The van der Waals surface area contributed by atoms with E-state index in [9.17, 15) is 4.79 Å². The van der Waals surface area contributed by atoms with Crippen LogP contribution >= 0.6 is 11.1 Å². The molecular formula is C11H21ClN2O2Si. The summed E-state index contributed by atoms with van der Waals surface area (Å²) in [5.74, 6) is -0.300. The quantitative estimate of drug-likeness (QED) is 0.335. The minimum absolute atomic E-state index is 0.183. The van der Waals surface area contributed by atoms with Crippen molar-refractivity contribution in [2.24, 2.45) is 5.73 Å². The maximum Gasteiger partial charge on any atom is 0.305 e. The van der Waals surface area contributed by atoms with E-state index in [1.165, 1.54) is 0 Å². The van der Waals surface area contributed by atoms with Gasteiger partial charge in [-0.25, -0.2) is 0 Å². The summed E-state index contributed by atoms with van der Waals surface area (Å²) in [5, 5.41) is 8.67. The lowest BCUT2D eigenvalue weighted by Gasteiger charge is -2.15. The zero-order valence-corrected chi connectivity index (χ0v) is 12.5. The second-order valence-electron chi connectivity index (χ2n) is 5.07. The van der Waals surface area contributed by atoms with E-state index in [2.05, 4.69) is 13.1 Å². The number of esters is 1. The van der Waals surface area contributed by atoms with Crippen molar-refractivity contribution < 1.29 is 9.53 Å². The van der Waals surface area contributed by atoms with Gasteiger partial charge in [-0.2, -0.15) is 16.3 Å². The van der Waals surface area contributed by atoms with Gasteiger partial charge in [0.05, 0.1) is 12.7 Å². The molecule has 0 amide bonds. The van der Waals surface area contributed by atoms with Crippen LogP contribution in [0.3, 0.4) is 0 Å². The van der Waals surface area contributed by atoms with Crippen LogP contribution in [0.4, 0.5) is 0 Å². The minimum atomic E-state index is -1.57. The van der Waals surface area contributed by atoms with E-state index in [-0.39, 0.29) is 12.4 Å². The molecule has 0 aromatic carbocycles. The summed E-state index contributed by atoms with van der Waals surface area (Å²) in [5.41, 5.74) is 4.64. The number of hydrogen-bond acceptors (Lipinski definition) is 4. The predicted octanol–water partition coefficient (Wildman–Crippen LogP) is 2.38. The Morgan fingerprint density at radius 1 is 1.59 bits per heavy atom. The average molecular weight is 277 g/mol. The molecule has 0 aliphatic rings. The van der Waals surface area contributed by atoms with E-state index in [0.29, 0.717) is 13.0 Å². The number of halogens is 1. The van der Waals surface area contributed by atoms with E-state index in [0.717, 1.165) is 12.5 Å². The zero-order valence-electron chi connectivity index (χ0n) is 10.8. The molecule has 2 N–H and O–H groups in total. The first-order valence-electron chi connectivity index (χ1n) is 5.71. The molecule has 0 spiro atoms. The molecule has 1 atom stereocenters. The highest BCUT2D eigenvalue weighted by Crippen LogP contribution is 2.16. The molecule has 0 aromatic rings. The molecule has 17 heavy (non-hydrogen) atoms.